The van der Waals surface area contributed by atoms with Gasteiger partial charge < -0.3 is 10.3 Å². The van der Waals surface area contributed by atoms with Gasteiger partial charge in [-0.1, -0.05) is 27.5 Å². The van der Waals surface area contributed by atoms with Crippen molar-refractivity contribution in [3.8, 4) is 5.69 Å². The van der Waals surface area contributed by atoms with Gasteiger partial charge in [-0.25, -0.2) is 0 Å². The van der Waals surface area contributed by atoms with E-state index in [0.717, 1.165) is 34.4 Å². The highest BCUT2D eigenvalue weighted by atomic mass is 79.9. The van der Waals surface area contributed by atoms with E-state index in [2.05, 4.69) is 32.8 Å². The molecule has 1 aromatic heterocycles. The first-order valence-electron chi connectivity index (χ1n) is 6.08. The van der Waals surface area contributed by atoms with E-state index in [1.807, 2.05) is 18.2 Å². The molecule has 1 atom stereocenters. The predicted molar refractivity (Wildman–Crippen MR) is 78.3 cm³/mol. The maximum absolute atomic E-state index is 6.32. The molecule has 1 unspecified atom stereocenters. The van der Waals surface area contributed by atoms with E-state index in [4.69, 9.17) is 17.3 Å². The minimum absolute atomic E-state index is 0.171. The number of rotatable bonds is 1. The first-order chi connectivity index (χ1) is 8.66. The van der Waals surface area contributed by atoms with E-state index in [9.17, 15) is 0 Å². The third-order valence-electron chi connectivity index (χ3n) is 3.52. The molecule has 1 aliphatic rings. The van der Waals surface area contributed by atoms with Crippen molar-refractivity contribution in [2.75, 3.05) is 0 Å². The minimum Gasteiger partial charge on any atom is -0.324 e. The van der Waals surface area contributed by atoms with Crippen LogP contribution in [0.3, 0.4) is 0 Å². The van der Waals surface area contributed by atoms with Crippen molar-refractivity contribution in [3.63, 3.8) is 0 Å². The summed E-state index contributed by atoms with van der Waals surface area (Å²) in [5, 5.41) is 0.752. The average Bonchev–Trinajstić information content (AvgIpc) is 2.74. The molecule has 2 nitrogen and oxygen atoms in total. The van der Waals surface area contributed by atoms with Crippen LogP contribution in [0.5, 0.6) is 0 Å². The third kappa shape index (κ3) is 2.00. The molecule has 1 heterocycles. The summed E-state index contributed by atoms with van der Waals surface area (Å²) < 4.78 is 3.16. The van der Waals surface area contributed by atoms with Crippen LogP contribution in [0, 0.1) is 0 Å². The number of benzene rings is 1. The van der Waals surface area contributed by atoms with Gasteiger partial charge in [0.05, 0.1) is 10.7 Å². The Kier molecular flexibility index (Phi) is 3.22. The lowest BCUT2D eigenvalue weighted by atomic mass is 9.93. The molecule has 0 fully saturated rings. The smallest absolute Gasteiger partial charge is 0.0657 e. The Bertz CT molecular complexity index is 591. The van der Waals surface area contributed by atoms with Crippen molar-refractivity contribution >= 4 is 27.5 Å². The molecule has 2 aromatic rings. The van der Waals surface area contributed by atoms with Crippen molar-refractivity contribution in [2.45, 2.75) is 25.3 Å². The zero-order chi connectivity index (χ0) is 12.7. The fourth-order valence-electron chi connectivity index (χ4n) is 2.63. The van der Waals surface area contributed by atoms with Crippen LogP contribution in [-0.2, 0) is 6.42 Å². The van der Waals surface area contributed by atoms with Crippen molar-refractivity contribution in [1.29, 1.82) is 0 Å². The van der Waals surface area contributed by atoms with Crippen LogP contribution in [-0.4, -0.2) is 4.57 Å². The molecule has 0 saturated heterocycles. The summed E-state index contributed by atoms with van der Waals surface area (Å²) in [4.78, 5) is 0. The lowest BCUT2D eigenvalue weighted by molar-refractivity contribution is 0.560. The van der Waals surface area contributed by atoms with Gasteiger partial charge in [-0.3, -0.25) is 0 Å². The summed E-state index contributed by atoms with van der Waals surface area (Å²) in [7, 11) is 0. The Balaban J connectivity index is 2.12. The highest BCUT2D eigenvalue weighted by molar-refractivity contribution is 9.10. The van der Waals surface area contributed by atoms with Gasteiger partial charge in [0, 0.05) is 22.4 Å². The Labute approximate surface area is 120 Å². The fourth-order valence-corrected chi connectivity index (χ4v) is 3.39. The first-order valence-corrected chi connectivity index (χ1v) is 7.25. The van der Waals surface area contributed by atoms with Crippen molar-refractivity contribution < 1.29 is 0 Å². The van der Waals surface area contributed by atoms with Crippen LogP contribution in [0.4, 0.5) is 0 Å². The molecule has 94 valence electrons. The summed E-state index contributed by atoms with van der Waals surface area (Å²) in [6.45, 7) is 0. The Hall–Kier alpha value is -0.770. The summed E-state index contributed by atoms with van der Waals surface area (Å²) >= 11 is 9.75. The number of nitrogens with two attached hydrogens (primary N) is 1. The molecule has 0 radical (unpaired) electrons. The van der Waals surface area contributed by atoms with Crippen LogP contribution >= 0.6 is 27.5 Å². The van der Waals surface area contributed by atoms with Gasteiger partial charge in [0.2, 0.25) is 0 Å². The summed E-state index contributed by atoms with van der Waals surface area (Å²) in [6.07, 6.45) is 5.37. The van der Waals surface area contributed by atoms with E-state index >= 15 is 0 Å². The van der Waals surface area contributed by atoms with Crippen LogP contribution in [0.25, 0.3) is 5.69 Å². The SMILES string of the molecule is NC1CCCc2c1ccn2-c1ccc(Br)cc1Cl. The lowest BCUT2D eigenvalue weighted by Crippen LogP contribution is -2.17. The number of aromatic nitrogens is 1. The Morgan fingerprint density at radius 3 is 2.94 bits per heavy atom. The predicted octanol–water partition coefficient (Wildman–Crippen LogP) is 4.23. The molecule has 1 aromatic carbocycles. The molecule has 4 heteroatoms. The molecule has 0 saturated carbocycles. The Morgan fingerprint density at radius 1 is 1.33 bits per heavy atom. The second-order valence-corrected chi connectivity index (χ2v) is 6.01. The lowest BCUT2D eigenvalue weighted by Gasteiger charge is -2.21. The molecule has 0 amide bonds. The number of halogens is 2. The quantitative estimate of drug-likeness (QED) is 0.836. The maximum Gasteiger partial charge on any atom is 0.0657 e. The third-order valence-corrected chi connectivity index (χ3v) is 4.32. The molecule has 1 aliphatic carbocycles. The molecule has 0 aliphatic heterocycles. The van der Waals surface area contributed by atoms with Crippen LogP contribution in [0.2, 0.25) is 5.02 Å². The standard InChI is InChI=1S/C14H14BrClN2/c15-9-4-5-14(11(16)8-9)18-7-6-10-12(17)2-1-3-13(10)18/h4-8,12H,1-3,17H2. The van der Waals surface area contributed by atoms with Crippen molar-refractivity contribution in [2.24, 2.45) is 5.73 Å². The van der Waals surface area contributed by atoms with Gasteiger partial charge >= 0.3 is 0 Å². The van der Waals surface area contributed by atoms with E-state index in [-0.39, 0.29) is 6.04 Å². The first kappa shape index (κ1) is 12.3. The van der Waals surface area contributed by atoms with Crippen LogP contribution in [0.1, 0.15) is 30.1 Å². The largest absolute Gasteiger partial charge is 0.324 e. The number of hydrogen-bond acceptors (Lipinski definition) is 1. The van der Waals surface area contributed by atoms with Gasteiger partial charge in [0.15, 0.2) is 0 Å². The summed E-state index contributed by atoms with van der Waals surface area (Å²) in [5.74, 6) is 0. The Morgan fingerprint density at radius 2 is 2.17 bits per heavy atom. The molecular formula is C14H14BrClN2. The van der Waals surface area contributed by atoms with Gasteiger partial charge in [-0.15, -0.1) is 0 Å². The van der Waals surface area contributed by atoms with Gasteiger partial charge in [-0.2, -0.15) is 0 Å². The number of nitrogens with zero attached hydrogens (tertiary/aromatic N) is 1. The highest BCUT2D eigenvalue weighted by Gasteiger charge is 2.21. The van der Waals surface area contributed by atoms with Crippen molar-refractivity contribution in [3.05, 3.63) is 51.2 Å². The van der Waals surface area contributed by atoms with E-state index < -0.39 is 0 Å². The van der Waals surface area contributed by atoms with Gasteiger partial charge in [0.1, 0.15) is 0 Å². The fraction of sp³-hybridized carbons (Fsp3) is 0.286. The van der Waals surface area contributed by atoms with Crippen LogP contribution in [0.15, 0.2) is 34.9 Å². The monoisotopic (exact) mass is 324 g/mol. The number of fused-ring (bicyclic) bond motifs is 1. The second-order valence-electron chi connectivity index (χ2n) is 4.68. The molecule has 3 rings (SSSR count). The normalized spacial score (nSPS) is 18.7. The summed E-state index contributed by atoms with van der Waals surface area (Å²) in [5.41, 5.74) is 9.74. The zero-order valence-electron chi connectivity index (χ0n) is 9.87. The molecule has 0 spiro atoms. The van der Waals surface area contributed by atoms with Crippen LogP contribution < -0.4 is 5.73 Å². The molecule has 0 bridgehead atoms. The number of hydrogen-bond donors (Lipinski definition) is 1. The van der Waals surface area contributed by atoms with Gasteiger partial charge in [0.25, 0.3) is 0 Å². The van der Waals surface area contributed by atoms with E-state index in [0.29, 0.717) is 0 Å². The minimum atomic E-state index is 0.171. The van der Waals surface area contributed by atoms with Gasteiger partial charge in [-0.05, 0) is 49.1 Å². The molecular weight excluding hydrogens is 312 g/mol. The zero-order valence-corrected chi connectivity index (χ0v) is 12.2. The second kappa shape index (κ2) is 4.72. The average molecular weight is 326 g/mol. The highest BCUT2D eigenvalue weighted by Crippen LogP contribution is 2.33. The van der Waals surface area contributed by atoms with E-state index in [1.54, 1.807) is 0 Å². The molecule has 2 N–H and O–H groups in total. The van der Waals surface area contributed by atoms with Crippen molar-refractivity contribution in [1.82, 2.24) is 4.57 Å². The summed E-state index contributed by atoms with van der Waals surface area (Å²) in [6, 6.07) is 8.26. The topological polar surface area (TPSA) is 30.9 Å². The van der Waals surface area contributed by atoms with E-state index in [1.165, 1.54) is 11.3 Å². The molecule has 18 heavy (non-hydrogen) atoms. The maximum atomic E-state index is 6.32.